The second-order valence-electron chi connectivity index (χ2n) is 3.51. The van der Waals surface area contributed by atoms with E-state index in [1.807, 2.05) is 0 Å². The van der Waals surface area contributed by atoms with Crippen LogP contribution in [0.4, 0.5) is 4.39 Å². The molecule has 2 aromatic rings. The minimum absolute atomic E-state index is 0.150. The molecule has 0 aliphatic heterocycles. The Morgan fingerprint density at radius 3 is 2.71 bits per heavy atom. The van der Waals surface area contributed by atoms with Crippen molar-refractivity contribution in [3.05, 3.63) is 63.6 Å². The van der Waals surface area contributed by atoms with Gasteiger partial charge < -0.3 is 5.73 Å². The number of nitrogens with zero attached hydrogens (tertiary/aromatic N) is 1. The summed E-state index contributed by atoms with van der Waals surface area (Å²) in [7, 11) is 0. The van der Waals surface area contributed by atoms with Crippen molar-refractivity contribution < 1.29 is 4.39 Å². The first-order chi connectivity index (χ1) is 8.09. The Bertz CT molecular complexity index is 546. The molecule has 0 amide bonds. The number of halogens is 3. The first kappa shape index (κ1) is 12.3. The van der Waals surface area contributed by atoms with Gasteiger partial charge in [-0.05, 0) is 35.9 Å². The van der Waals surface area contributed by atoms with Crippen LogP contribution in [-0.2, 0) is 0 Å². The van der Waals surface area contributed by atoms with Crippen molar-refractivity contribution in [2.45, 2.75) is 6.04 Å². The van der Waals surface area contributed by atoms with E-state index in [0.717, 1.165) is 0 Å². The minimum Gasteiger partial charge on any atom is -0.319 e. The summed E-state index contributed by atoms with van der Waals surface area (Å²) in [6.45, 7) is 0. The number of rotatable bonds is 2. The summed E-state index contributed by atoms with van der Waals surface area (Å²) >= 11 is 11.9. The molecule has 1 unspecified atom stereocenters. The molecule has 0 radical (unpaired) electrons. The highest BCUT2D eigenvalue weighted by Crippen LogP contribution is 2.29. The molecule has 0 spiro atoms. The fraction of sp³-hybridized carbons (Fsp3) is 0.0833. The molecule has 0 bridgehead atoms. The third-order valence-corrected chi connectivity index (χ3v) is 2.95. The predicted molar refractivity (Wildman–Crippen MR) is 66.7 cm³/mol. The van der Waals surface area contributed by atoms with E-state index < -0.39 is 11.9 Å². The topological polar surface area (TPSA) is 38.9 Å². The molecule has 0 saturated heterocycles. The number of aromatic nitrogens is 1. The first-order valence-corrected chi connectivity index (χ1v) is 5.66. The van der Waals surface area contributed by atoms with Crippen LogP contribution in [-0.4, -0.2) is 4.98 Å². The molecule has 0 aliphatic carbocycles. The Morgan fingerprint density at radius 1 is 1.24 bits per heavy atom. The van der Waals surface area contributed by atoms with Gasteiger partial charge in [-0.1, -0.05) is 23.2 Å². The van der Waals surface area contributed by atoms with Crippen LogP contribution < -0.4 is 5.73 Å². The fourth-order valence-corrected chi connectivity index (χ4v) is 1.94. The highest BCUT2D eigenvalue weighted by Gasteiger charge is 2.17. The highest BCUT2D eigenvalue weighted by molar-refractivity contribution is 6.33. The Morgan fingerprint density at radius 2 is 2.00 bits per heavy atom. The van der Waals surface area contributed by atoms with Gasteiger partial charge in [0.05, 0.1) is 11.7 Å². The van der Waals surface area contributed by atoms with Crippen molar-refractivity contribution in [1.82, 2.24) is 4.98 Å². The van der Waals surface area contributed by atoms with E-state index in [1.165, 1.54) is 18.3 Å². The summed E-state index contributed by atoms with van der Waals surface area (Å²) in [6, 6.07) is 6.96. The van der Waals surface area contributed by atoms with Crippen molar-refractivity contribution in [2.75, 3.05) is 0 Å². The van der Waals surface area contributed by atoms with E-state index in [9.17, 15) is 4.39 Å². The smallest absolute Gasteiger partial charge is 0.146 e. The third kappa shape index (κ3) is 2.57. The molecule has 5 heteroatoms. The monoisotopic (exact) mass is 270 g/mol. The predicted octanol–water partition coefficient (Wildman–Crippen LogP) is 3.58. The molecule has 0 aliphatic rings. The summed E-state index contributed by atoms with van der Waals surface area (Å²) in [4.78, 5) is 3.92. The largest absolute Gasteiger partial charge is 0.319 e. The molecule has 88 valence electrons. The maximum Gasteiger partial charge on any atom is 0.146 e. The van der Waals surface area contributed by atoms with Gasteiger partial charge in [-0.25, -0.2) is 4.39 Å². The van der Waals surface area contributed by atoms with Gasteiger partial charge in [-0.15, -0.1) is 0 Å². The van der Waals surface area contributed by atoms with Gasteiger partial charge >= 0.3 is 0 Å². The van der Waals surface area contributed by atoms with Gasteiger partial charge in [-0.2, -0.15) is 0 Å². The average molecular weight is 271 g/mol. The first-order valence-electron chi connectivity index (χ1n) is 4.90. The van der Waals surface area contributed by atoms with E-state index in [2.05, 4.69) is 4.98 Å². The number of benzene rings is 1. The minimum atomic E-state index is -0.734. The summed E-state index contributed by atoms with van der Waals surface area (Å²) in [5.41, 5.74) is 6.64. The van der Waals surface area contributed by atoms with Gasteiger partial charge in [0.25, 0.3) is 0 Å². The lowest BCUT2D eigenvalue weighted by molar-refractivity contribution is 0.586. The Labute approximate surface area is 108 Å². The Hall–Kier alpha value is -1.16. The Kier molecular flexibility index (Phi) is 3.62. The lowest BCUT2D eigenvalue weighted by Crippen LogP contribution is -2.15. The lowest BCUT2D eigenvalue weighted by atomic mass is 10.0. The molecule has 2 N–H and O–H groups in total. The summed E-state index contributed by atoms with van der Waals surface area (Å²) < 4.78 is 13.5. The second kappa shape index (κ2) is 5.00. The molecular weight excluding hydrogens is 262 g/mol. The van der Waals surface area contributed by atoms with Crippen molar-refractivity contribution in [1.29, 1.82) is 0 Å². The number of hydrogen-bond donors (Lipinski definition) is 1. The fourth-order valence-electron chi connectivity index (χ4n) is 1.53. The van der Waals surface area contributed by atoms with E-state index in [-0.39, 0.29) is 5.69 Å². The highest BCUT2D eigenvalue weighted by atomic mass is 35.5. The van der Waals surface area contributed by atoms with Gasteiger partial charge in [0, 0.05) is 16.2 Å². The van der Waals surface area contributed by atoms with Crippen LogP contribution in [0.5, 0.6) is 0 Å². The molecular formula is C12H9Cl2FN2. The summed E-state index contributed by atoms with van der Waals surface area (Å²) in [5, 5.41) is 0.933. The van der Waals surface area contributed by atoms with E-state index in [0.29, 0.717) is 15.6 Å². The third-order valence-electron chi connectivity index (χ3n) is 2.37. The summed E-state index contributed by atoms with van der Waals surface area (Å²) in [5.74, 6) is -0.462. The van der Waals surface area contributed by atoms with Crippen LogP contribution in [0.1, 0.15) is 17.3 Å². The number of nitrogens with two attached hydrogens (primary N) is 1. The zero-order valence-electron chi connectivity index (χ0n) is 8.70. The Balaban J connectivity index is 2.47. The maximum absolute atomic E-state index is 13.5. The van der Waals surface area contributed by atoms with E-state index in [4.69, 9.17) is 28.9 Å². The molecule has 17 heavy (non-hydrogen) atoms. The zero-order valence-corrected chi connectivity index (χ0v) is 10.2. The van der Waals surface area contributed by atoms with Crippen LogP contribution in [0.3, 0.4) is 0 Å². The normalized spacial score (nSPS) is 12.5. The number of pyridine rings is 1. The van der Waals surface area contributed by atoms with Crippen molar-refractivity contribution in [3.8, 4) is 0 Å². The number of hydrogen-bond acceptors (Lipinski definition) is 2. The summed E-state index contributed by atoms with van der Waals surface area (Å²) in [6.07, 6.45) is 1.48. The van der Waals surface area contributed by atoms with Gasteiger partial charge in [0.1, 0.15) is 5.82 Å². The molecule has 1 atom stereocenters. The van der Waals surface area contributed by atoms with Crippen LogP contribution >= 0.6 is 23.2 Å². The second-order valence-corrected chi connectivity index (χ2v) is 4.36. The van der Waals surface area contributed by atoms with Crippen LogP contribution in [0.2, 0.25) is 10.0 Å². The lowest BCUT2D eigenvalue weighted by Gasteiger charge is -2.14. The molecule has 2 nitrogen and oxygen atoms in total. The molecule has 0 fully saturated rings. The quantitative estimate of drug-likeness (QED) is 0.906. The standard InChI is InChI=1S/C12H9Cl2FN2/c13-7-3-4-9(14)8(6-7)11(16)12-10(15)2-1-5-17-12/h1-6,11H,16H2. The van der Waals surface area contributed by atoms with Crippen molar-refractivity contribution in [2.24, 2.45) is 5.73 Å². The van der Waals surface area contributed by atoms with Crippen molar-refractivity contribution >= 4 is 23.2 Å². The molecule has 1 aromatic heterocycles. The molecule has 2 rings (SSSR count). The molecule has 0 saturated carbocycles. The maximum atomic E-state index is 13.5. The van der Waals surface area contributed by atoms with Gasteiger partial charge in [0.15, 0.2) is 0 Å². The van der Waals surface area contributed by atoms with Crippen LogP contribution in [0, 0.1) is 5.82 Å². The SMILES string of the molecule is NC(c1cc(Cl)ccc1Cl)c1ncccc1F. The average Bonchev–Trinajstić information content (AvgIpc) is 2.32. The molecule has 1 heterocycles. The van der Waals surface area contributed by atoms with Gasteiger partial charge in [0.2, 0.25) is 0 Å². The van der Waals surface area contributed by atoms with Gasteiger partial charge in [-0.3, -0.25) is 4.98 Å². The van der Waals surface area contributed by atoms with Crippen molar-refractivity contribution in [3.63, 3.8) is 0 Å². The zero-order chi connectivity index (χ0) is 12.4. The van der Waals surface area contributed by atoms with E-state index >= 15 is 0 Å². The van der Waals surface area contributed by atoms with E-state index in [1.54, 1.807) is 18.2 Å². The van der Waals surface area contributed by atoms with Crippen LogP contribution in [0.25, 0.3) is 0 Å². The van der Waals surface area contributed by atoms with Crippen LogP contribution in [0.15, 0.2) is 36.5 Å². The molecule has 1 aromatic carbocycles.